The van der Waals surface area contributed by atoms with Gasteiger partial charge in [0.2, 0.25) is 0 Å². The van der Waals surface area contributed by atoms with Gasteiger partial charge >= 0.3 is 0 Å². The van der Waals surface area contributed by atoms with Crippen LogP contribution in [-0.2, 0) is 6.54 Å². The largest absolute Gasteiger partial charge is 0.328 e. The Balaban J connectivity index is 1.59. The summed E-state index contributed by atoms with van der Waals surface area (Å²) in [7, 11) is 0. The molecular weight excluding hydrogens is 300 g/mol. The molecule has 0 N–H and O–H groups in total. The van der Waals surface area contributed by atoms with Gasteiger partial charge in [-0.1, -0.05) is 6.07 Å². The lowest BCUT2D eigenvalue weighted by Gasteiger charge is -2.49. The summed E-state index contributed by atoms with van der Waals surface area (Å²) in [5.74, 6) is 0.863. The summed E-state index contributed by atoms with van der Waals surface area (Å²) in [4.78, 5) is 17.9. The van der Waals surface area contributed by atoms with Crippen molar-refractivity contribution >= 4 is 16.8 Å². The van der Waals surface area contributed by atoms with E-state index < -0.39 is 0 Å². The van der Waals surface area contributed by atoms with E-state index in [2.05, 4.69) is 34.4 Å². The number of carbonyl (C=O) groups excluding carboxylic acids is 1. The van der Waals surface area contributed by atoms with Crippen molar-refractivity contribution in [1.29, 1.82) is 0 Å². The quantitative estimate of drug-likeness (QED) is 0.853. The summed E-state index contributed by atoms with van der Waals surface area (Å²) in [6.45, 7) is 8.40. The van der Waals surface area contributed by atoms with Crippen LogP contribution in [0.15, 0.2) is 18.2 Å². The highest BCUT2D eigenvalue weighted by Gasteiger charge is 2.42. The van der Waals surface area contributed by atoms with Crippen molar-refractivity contribution in [2.45, 2.75) is 45.3 Å². The second-order valence-electron chi connectivity index (χ2n) is 7.82. The number of hydrogen-bond acceptors (Lipinski definition) is 3. The van der Waals surface area contributed by atoms with Crippen molar-refractivity contribution in [3.05, 3.63) is 29.5 Å². The molecule has 3 saturated heterocycles. The predicted octanol–water partition coefficient (Wildman–Crippen LogP) is 2.67. The first-order valence-electron chi connectivity index (χ1n) is 9.17. The summed E-state index contributed by atoms with van der Waals surface area (Å²) in [6, 6.07) is 6.73. The number of fused-ring (bicyclic) bond motifs is 3. The maximum atomic E-state index is 13.2. The lowest BCUT2D eigenvalue weighted by Crippen LogP contribution is -2.59. The number of nitrogens with zero attached hydrogens (tertiary/aromatic N) is 4. The SMILES string of the molecule is CC(C)n1nc2c3c(cccc31)C(=O)N([C@@H]1CN3CCC1CC3)C2. The number of aromatic nitrogens is 2. The fourth-order valence-electron chi connectivity index (χ4n) is 4.89. The summed E-state index contributed by atoms with van der Waals surface area (Å²) in [5.41, 5.74) is 3.02. The van der Waals surface area contributed by atoms with E-state index in [4.69, 9.17) is 5.10 Å². The van der Waals surface area contributed by atoms with Crippen molar-refractivity contribution in [3.8, 4) is 0 Å². The summed E-state index contributed by atoms with van der Waals surface area (Å²) < 4.78 is 2.07. The van der Waals surface area contributed by atoms with Crippen molar-refractivity contribution in [2.24, 2.45) is 5.92 Å². The monoisotopic (exact) mass is 324 g/mol. The summed E-state index contributed by atoms with van der Waals surface area (Å²) in [6.07, 6.45) is 2.46. The molecular formula is C19H24N4O. The summed E-state index contributed by atoms with van der Waals surface area (Å²) in [5, 5.41) is 5.95. The molecule has 5 heteroatoms. The summed E-state index contributed by atoms with van der Waals surface area (Å²) >= 11 is 0. The van der Waals surface area contributed by atoms with Crippen LogP contribution in [-0.4, -0.2) is 51.2 Å². The van der Waals surface area contributed by atoms with Gasteiger partial charge in [0.15, 0.2) is 0 Å². The van der Waals surface area contributed by atoms with Gasteiger partial charge < -0.3 is 9.80 Å². The van der Waals surface area contributed by atoms with Gasteiger partial charge in [0.05, 0.1) is 23.3 Å². The van der Waals surface area contributed by atoms with E-state index in [0.29, 0.717) is 24.5 Å². The van der Waals surface area contributed by atoms with E-state index in [-0.39, 0.29) is 5.91 Å². The van der Waals surface area contributed by atoms with E-state index >= 15 is 0 Å². The number of hydrogen-bond donors (Lipinski definition) is 0. The smallest absolute Gasteiger partial charge is 0.255 e. The highest BCUT2D eigenvalue weighted by Crippen LogP contribution is 2.37. The zero-order chi connectivity index (χ0) is 16.4. The fraction of sp³-hybridized carbons (Fsp3) is 0.579. The Kier molecular flexibility index (Phi) is 3.05. The van der Waals surface area contributed by atoms with E-state index in [0.717, 1.165) is 28.7 Å². The Morgan fingerprint density at radius 1 is 1.21 bits per heavy atom. The average Bonchev–Trinajstić information content (AvgIpc) is 2.99. The minimum absolute atomic E-state index is 0.204. The standard InChI is InChI=1S/C19H24N4O/c1-12(2)23-16-5-3-4-14-18(16)15(20-23)10-22(19(14)24)17-11-21-8-6-13(17)7-9-21/h3-5,12-13,17H,6-11H2,1-2H3/t17-/m1/s1. The maximum absolute atomic E-state index is 13.2. The second-order valence-corrected chi connectivity index (χ2v) is 7.82. The van der Waals surface area contributed by atoms with E-state index in [1.165, 1.54) is 25.9 Å². The van der Waals surface area contributed by atoms with Crippen molar-refractivity contribution in [1.82, 2.24) is 19.6 Å². The first-order valence-corrected chi connectivity index (χ1v) is 9.17. The Morgan fingerprint density at radius 3 is 2.67 bits per heavy atom. The topological polar surface area (TPSA) is 41.4 Å². The van der Waals surface area contributed by atoms with Gasteiger partial charge in [0, 0.05) is 24.0 Å². The minimum atomic E-state index is 0.204. The fourth-order valence-corrected chi connectivity index (χ4v) is 4.89. The molecule has 4 aliphatic rings. The molecule has 0 saturated carbocycles. The first kappa shape index (κ1) is 14.5. The Bertz CT molecular complexity index is 816. The van der Waals surface area contributed by atoms with E-state index in [1.807, 2.05) is 12.1 Å². The Hall–Kier alpha value is -1.88. The van der Waals surface area contributed by atoms with Crippen LogP contribution in [0.2, 0.25) is 0 Å². The van der Waals surface area contributed by atoms with Gasteiger partial charge in [-0.25, -0.2) is 0 Å². The zero-order valence-electron chi connectivity index (χ0n) is 14.4. The molecule has 1 amide bonds. The third-order valence-corrected chi connectivity index (χ3v) is 6.13. The normalized spacial score (nSPS) is 29.0. The van der Waals surface area contributed by atoms with Gasteiger partial charge in [-0.2, -0.15) is 5.10 Å². The number of piperidine rings is 3. The average molecular weight is 324 g/mol. The molecule has 126 valence electrons. The molecule has 1 atom stereocenters. The highest BCUT2D eigenvalue weighted by molar-refractivity contribution is 6.09. The molecule has 4 aliphatic heterocycles. The van der Waals surface area contributed by atoms with Crippen LogP contribution in [0.4, 0.5) is 0 Å². The van der Waals surface area contributed by atoms with E-state index in [9.17, 15) is 4.79 Å². The lowest BCUT2D eigenvalue weighted by molar-refractivity contribution is 0.00361. The highest BCUT2D eigenvalue weighted by atomic mass is 16.2. The first-order chi connectivity index (χ1) is 11.6. The van der Waals surface area contributed by atoms with Crippen LogP contribution < -0.4 is 0 Å². The van der Waals surface area contributed by atoms with Crippen LogP contribution in [0.3, 0.4) is 0 Å². The molecule has 2 bridgehead atoms. The van der Waals surface area contributed by atoms with Crippen LogP contribution in [0.5, 0.6) is 0 Å². The van der Waals surface area contributed by atoms with Gasteiger partial charge in [-0.15, -0.1) is 0 Å². The molecule has 5 heterocycles. The van der Waals surface area contributed by atoms with Gasteiger partial charge in [-0.3, -0.25) is 9.48 Å². The number of amides is 1. The Morgan fingerprint density at radius 2 is 2.00 bits per heavy atom. The maximum Gasteiger partial charge on any atom is 0.255 e. The van der Waals surface area contributed by atoms with Crippen LogP contribution in [0, 0.1) is 5.92 Å². The van der Waals surface area contributed by atoms with Gasteiger partial charge in [-0.05, 0) is 57.8 Å². The minimum Gasteiger partial charge on any atom is -0.328 e. The number of benzene rings is 1. The predicted molar refractivity (Wildman–Crippen MR) is 92.9 cm³/mol. The lowest BCUT2D eigenvalue weighted by atomic mass is 9.82. The second kappa shape index (κ2) is 5.06. The molecule has 0 unspecified atom stereocenters. The molecule has 0 radical (unpaired) electrons. The third kappa shape index (κ3) is 1.91. The molecule has 0 spiro atoms. The van der Waals surface area contributed by atoms with Crippen molar-refractivity contribution in [3.63, 3.8) is 0 Å². The molecule has 0 aliphatic carbocycles. The van der Waals surface area contributed by atoms with Crippen molar-refractivity contribution < 1.29 is 4.79 Å². The molecule has 1 aromatic heterocycles. The van der Waals surface area contributed by atoms with Crippen LogP contribution >= 0.6 is 0 Å². The van der Waals surface area contributed by atoms with Gasteiger partial charge in [0.25, 0.3) is 5.91 Å². The van der Waals surface area contributed by atoms with Crippen LogP contribution in [0.1, 0.15) is 48.8 Å². The third-order valence-electron chi connectivity index (χ3n) is 6.13. The molecule has 2 aromatic rings. The molecule has 5 nitrogen and oxygen atoms in total. The Labute approximate surface area is 142 Å². The molecule has 1 aromatic carbocycles. The number of carbonyl (C=O) groups is 1. The molecule has 6 rings (SSSR count). The van der Waals surface area contributed by atoms with Gasteiger partial charge in [0.1, 0.15) is 0 Å². The van der Waals surface area contributed by atoms with E-state index in [1.54, 1.807) is 0 Å². The number of rotatable bonds is 2. The van der Waals surface area contributed by atoms with Crippen LogP contribution in [0.25, 0.3) is 10.9 Å². The molecule has 24 heavy (non-hydrogen) atoms. The zero-order valence-corrected chi connectivity index (χ0v) is 14.4. The molecule has 3 fully saturated rings. The van der Waals surface area contributed by atoms with Crippen molar-refractivity contribution in [2.75, 3.05) is 19.6 Å².